The van der Waals surface area contributed by atoms with Crippen LogP contribution in [0.2, 0.25) is 0 Å². The second-order valence-corrected chi connectivity index (χ2v) is 6.42. The number of alkyl halides is 3. The molecule has 0 atom stereocenters. The van der Waals surface area contributed by atoms with Crippen molar-refractivity contribution < 1.29 is 27.8 Å². The van der Waals surface area contributed by atoms with E-state index in [0.717, 1.165) is 18.2 Å². The Labute approximate surface area is 166 Å². The number of nitrogens with one attached hydrogen (secondary N) is 1. The second-order valence-electron chi connectivity index (χ2n) is 5.26. The van der Waals surface area contributed by atoms with Crippen molar-refractivity contribution in [1.82, 2.24) is 0 Å². The lowest BCUT2D eigenvalue weighted by molar-refractivity contribution is -0.137. The molecule has 2 N–H and O–H groups in total. The zero-order valence-corrected chi connectivity index (χ0v) is 15.9. The molecule has 0 saturated carbocycles. The van der Waals surface area contributed by atoms with Crippen LogP contribution in [0, 0.1) is 14.9 Å². The van der Waals surface area contributed by atoms with Crippen molar-refractivity contribution >= 4 is 40.3 Å². The molecule has 140 valence electrons. The molecule has 2 rings (SSSR count). The molecule has 0 saturated heterocycles. The first-order valence-corrected chi connectivity index (χ1v) is 8.40. The van der Waals surface area contributed by atoms with Crippen LogP contribution in [0.1, 0.15) is 11.1 Å². The van der Waals surface area contributed by atoms with E-state index in [1.165, 1.54) is 31.4 Å². The number of halogens is 4. The summed E-state index contributed by atoms with van der Waals surface area (Å²) in [6.45, 7) is 0. The third-order valence-electron chi connectivity index (χ3n) is 3.39. The molecule has 2 aromatic carbocycles. The van der Waals surface area contributed by atoms with Gasteiger partial charge in [-0.1, -0.05) is 6.07 Å². The third kappa shape index (κ3) is 5.13. The van der Waals surface area contributed by atoms with Crippen LogP contribution in [0.4, 0.5) is 18.9 Å². The van der Waals surface area contributed by atoms with E-state index in [1.54, 1.807) is 6.07 Å². The predicted octanol–water partition coefficient (Wildman–Crippen LogP) is 4.57. The largest absolute Gasteiger partial charge is 0.504 e. The summed E-state index contributed by atoms with van der Waals surface area (Å²) in [5.74, 6) is -0.787. The Morgan fingerprint density at radius 2 is 2.04 bits per heavy atom. The molecular weight excluding hydrogens is 476 g/mol. The lowest BCUT2D eigenvalue weighted by atomic mass is 10.1. The standard InChI is InChI=1S/C18H12F3IN2O3/c1-27-15-7-10(6-14(22)16(15)25)5-11(9-23)17(26)24-13-4-2-3-12(8-13)18(19,20)21/h2-8,25H,1H3,(H,24,26)/b11-5+. The molecule has 9 heteroatoms. The van der Waals surface area contributed by atoms with Crippen LogP contribution in [-0.2, 0) is 11.0 Å². The van der Waals surface area contributed by atoms with Gasteiger partial charge in [-0.05, 0) is 64.6 Å². The molecule has 1 amide bonds. The van der Waals surface area contributed by atoms with Gasteiger partial charge in [-0.25, -0.2) is 0 Å². The Bertz CT molecular complexity index is 950. The molecule has 0 spiro atoms. The van der Waals surface area contributed by atoms with Gasteiger partial charge in [0.15, 0.2) is 11.5 Å². The number of ether oxygens (including phenoxy) is 1. The Morgan fingerprint density at radius 1 is 1.33 bits per heavy atom. The van der Waals surface area contributed by atoms with Crippen molar-refractivity contribution in [3.8, 4) is 17.6 Å². The van der Waals surface area contributed by atoms with Crippen LogP contribution in [0.25, 0.3) is 6.08 Å². The number of rotatable bonds is 4. The van der Waals surface area contributed by atoms with Gasteiger partial charge < -0.3 is 15.2 Å². The van der Waals surface area contributed by atoms with Crippen molar-refractivity contribution in [1.29, 1.82) is 5.26 Å². The number of hydrogen-bond donors (Lipinski definition) is 2. The highest BCUT2D eigenvalue weighted by Gasteiger charge is 2.30. The summed E-state index contributed by atoms with van der Waals surface area (Å²) in [6.07, 6.45) is -3.30. The summed E-state index contributed by atoms with van der Waals surface area (Å²) in [5, 5.41) is 21.3. The molecule has 2 aromatic rings. The quantitative estimate of drug-likeness (QED) is 0.376. The summed E-state index contributed by atoms with van der Waals surface area (Å²) >= 11 is 1.86. The first-order valence-electron chi connectivity index (χ1n) is 7.32. The maximum Gasteiger partial charge on any atom is 0.416 e. The monoisotopic (exact) mass is 488 g/mol. The molecule has 0 aliphatic heterocycles. The minimum absolute atomic E-state index is 0.0813. The van der Waals surface area contributed by atoms with Gasteiger partial charge in [-0.2, -0.15) is 18.4 Å². The summed E-state index contributed by atoms with van der Waals surface area (Å²) in [4.78, 5) is 12.2. The molecule has 27 heavy (non-hydrogen) atoms. The van der Waals surface area contributed by atoms with Crippen molar-refractivity contribution in [2.45, 2.75) is 6.18 Å². The first-order chi connectivity index (χ1) is 12.7. The van der Waals surface area contributed by atoms with Crippen LogP contribution in [0.3, 0.4) is 0 Å². The number of nitrogens with zero attached hydrogens (tertiary/aromatic N) is 1. The number of hydrogen-bond acceptors (Lipinski definition) is 4. The van der Waals surface area contributed by atoms with Crippen molar-refractivity contribution in [2.75, 3.05) is 12.4 Å². The lowest BCUT2D eigenvalue weighted by Crippen LogP contribution is -2.14. The van der Waals surface area contributed by atoms with Crippen LogP contribution < -0.4 is 10.1 Å². The van der Waals surface area contributed by atoms with Crippen molar-refractivity contribution in [3.05, 3.63) is 56.7 Å². The SMILES string of the molecule is COc1cc(/C=C(\C#N)C(=O)Nc2cccc(C(F)(F)F)c2)cc(I)c1O. The number of aromatic hydroxyl groups is 1. The number of carbonyl (C=O) groups is 1. The molecule has 0 aromatic heterocycles. The van der Waals surface area contributed by atoms with E-state index < -0.39 is 17.6 Å². The number of anilines is 1. The maximum atomic E-state index is 12.7. The Hall–Kier alpha value is -2.74. The van der Waals surface area contributed by atoms with Gasteiger partial charge in [0, 0.05) is 5.69 Å². The molecule has 0 unspecified atom stereocenters. The smallest absolute Gasteiger partial charge is 0.416 e. The minimum atomic E-state index is -4.55. The zero-order chi connectivity index (χ0) is 20.2. The first kappa shape index (κ1) is 20.6. The Morgan fingerprint density at radius 3 is 2.63 bits per heavy atom. The minimum Gasteiger partial charge on any atom is -0.504 e. The summed E-state index contributed by atoms with van der Waals surface area (Å²) in [7, 11) is 1.35. The lowest BCUT2D eigenvalue weighted by Gasteiger charge is -2.10. The van der Waals surface area contributed by atoms with Crippen molar-refractivity contribution in [2.24, 2.45) is 0 Å². The van der Waals surface area contributed by atoms with Crippen LogP contribution in [-0.4, -0.2) is 18.1 Å². The Balaban J connectivity index is 2.31. The molecule has 0 heterocycles. The fourth-order valence-corrected chi connectivity index (χ4v) is 2.75. The van der Waals surface area contributed by atoms with E-state index in [0.29, 0.717) is 9.13 Å². The van der Waals surface area contributed by atoms with Gasteiger partial charge in [0.1, 0.15) is 11.6 Å². The number of phenolic OH excluding ortho intramolecular Hbond substituents is 1. The number of benzene rings is 2. The van der Waals surface area contributed by atoms with Gasteiger partial charge in [0.25, 0.3) is 5.91 Å². The third-order valence-corrected chi connectivity index (χ3v) is 4.22. The molecule has 0 aliphatic carbocycles. The van der Waals surface area contributed by atoms with Crippen LogP contribution in [0.5, 0.6) is 11.5 Å². The van der Waals surface area contributed by atoms with E-state index in [9.17, 15) is 28.3 Å². The number of methoxy groups -OCH3 is 1. The molecule has 0 aliphatic rings. The van der Waals surface area contributed by atoms with Gasteiger partial charge in [0.05, 0.1) is 16.2 Å². The second kappa shape index (κ2) is 8.30. The average molecular weight is 488 g/mol. The maximum absolute atomic E-state index is 12.7. The molecular formula is C18H12F3IN2O3. The fraction of sp³-hybridized carbons (Fsp3) is 0.111. The normalized spacial score (nSPS) is 11.6. The zero-order valence-electron chi connectivity index (χ0n) is 13.8. The summed E-state index contributed by atoms with van der Waals surface area (Å²) in [6, 6.07) is 8.75. The molecule has 0 fully saturated rings. The van der Waals surface area contributed by atoms with Crippen LogP contribution in [0.15, 0.2) is 42.0 Å². The number of amides is 1. The summed E-state index contributed by atoms with van der Waals surface area (Å²) < 4.78 is 43.7. The van der Waals surface area contributed by atoms with E-state index >= 15 is 0 Å². The molecule has 5 nitrogen and oxygen atoms in total. The Kier molecular flexibility index (Phi) is 6.32. The van der Waals surface area contributed by atoms with Gasteiger partial charge in [-0.3, -0.25) is 4.79 Å². The summed E-state index contributed by atoms with van der Waals surface area (Å²) in [5.41, 5.74) is -0.921. The van der Waals surface area contributed by atoms with Gasteiger partial charge in [0.2, 0.25) is 0 Å². The van der Waals surface area contributed by atoms with Crippen molar-refractivity contribution in [3.63, 3.8) is 0 Å². The van der Waals surface area contributed by atoms with Gasteiger partial charge in [-0.15, -0.1) is 0 Å². The van der Waals surface area contributed by atoms with E-state index in [-0.39, 0.29) is 22.8 Å². The molecule has 0 radical (unpaired) electrons. The number of nitriles is 1. The van der Waals surface area contributed by atoms with E-state index in [4.69, 9.17) is 4.74 Å². The highest BCUT2D eigenvalue weighted by molar-refractivity contribution is 14.1. The van der Waals surface area contributed by atoms with Crippen LogP contribution >= 0.6 is 22.6 Å². The van der Waals surface area contributed by atoms with E-state index in [2.05, 4.69) is 5.32 Å². The highest BCUT2D eigenvalue weighted by Crippen LogP contribution is 2.33. The topological polar surface area (TPSA) is 82.3 Å². The van der Waals surface area contributed by atoms with E-state index in [1.807, 2.05) is 22.6 Å². The highest BCUT2D eigenvalue weighted by atomic mass is 127. The average Bonchev–Trinajstić information content (AvgIpc) is 2.61. The predicted molar refractivity (Wildman–Crippen MR) is 101 cm³/mol. The number of carbonyl (C=O) groups excluding carboxylic acids is 1. The fourth-order valence-electron chi connectivity index (χ4n) is 2.12. The molecule has 0 bridgehead atoms. The van der Waals surface area contributed by atoms with Gasteiger partial charge >= 0.3 is 6.18 Å². The number of phenols is 1.